The van der Waals surface area contributed by atoms with Crippen LogP contribution in [0.15, 0.2) is 28.7 Å². The monoisotopic (exact) mass is 342 g/mol. The number of hydrogen-bond donors (Lipinski definition) is 0. The fourth-order valence-electron chi connectivity index (χ4n) is 1.74. The highest BCUT2D eigenvalue weighted by Gasteiger charge is 2.08. The van der Waals surface area contributed by atoms with Gasteiger partial charge in [0.25, 0.3) is 0 Å². The number of nitrogens with zero attached hydrogens (tertiary/aromatic N) is 2. The van der Waals surface area contributed by atoms with Crippen molar-refractivity contribution in [1.29, 1.82) is 0 Å². The standard InChI is InChI=1S/C12H12Br2N2/c1-8-5-9(2)16(15-8)12-4-3-11(14)6-10(12)7-13/h3-6H,7H2,1-2H3. The molecule has 1 heterocycles. The van der Waals surface area contributed by atoms with E-state index < -0.39 is 0 Å². The van der Waals surface area contributed by atoms with E-state index >= 15 is 0 Å². The van der Waals surface area contributed by atoms with Gasteiger partial charge >= 0.3 is 0 Å². The normalized spacial score (nSPS) is 10.8. The predicted molar refractivity (Wildman–Crippen MR) is 73.4 cm³/mol. The lowest BCUT2D eigenvalue weighted by molar-refractivity contribution is 0.826. The summed E-state index contributed by atoms with van der Waals surface area (Å²) < 4.78 is 3.07. The van der Waals surface area contributed by atoms with Crippen LogP contribution in [0.5, 0.6) is 0 Å². The highest BCUT2D eigenvalue weighted by atomic mass is 79.9. The van der Waals surface area contributed by atoms with Crippen LogP contribution in [0.1, 0.15) is 17.0 Å². The van der Waals surface area contributed by atoms with Crippen LogP contribution in [0, 0.1) is 13.8 Å². The van der Waals surface area contributed by atoms with Crippen molar-refractivity contribution in [3.05, 3.63) is 45.7 Å². The number of hydrogen-bond acceptors (Lipinski definition) is 1. The molecule has 1 aromatic carbocycles. The summed E-state index contributed by atoms with van der Waals surface area (Å²) in [5, 5.41) is 5.32. The van der Waals surface area contributed by atoms with Gasteiger partial charge in [-0.05, 0) is 43.7 Å². The van der Waals surface area contributed by atoms with Crippen LogP contribution >= 0.6 is 31.9 Å². The Bertz CT molecular complexity index is 518. The smallest absolute Gasteiger partial charge is 0.0690 e. The minimum atomic E-state index is 0.820. The van der Waals surface area contributed by atoms with E-state index in [-0.39, 0.29) is 0 Å². The van der Waals surface area contributed by atoms with Crippen molar-refractivity contribution in [1.82, 2.24) is 9.78 Å². The third-order valence-electron chi connectivity index (χ3n) is 2.42. The predicted octanol–water partition coefficient (Wildman–Crippen LogP) is 4.15. The summed E-state index contributed by atoms with van der Waals surface area (Å²) >= 11 is 6.99. The van der Waals surface area contributed by atoms with Crippen LogP contribution in [-0.2, 0) is 5.33 Å². The van der Waals surface area contributed by atoms with Crippen LogP contribution in [0.3, 0.4) is 0 Å². The lowest BCUT2D eigenvalue weighted by Gasteiger charge is -2.09. The van der Waals surface area contributed by atoms with Gasteiger partial charge < -0.3 is 0 Å². The van der Waals surface area contributed by atoms with Crippen molar-refractivity contribution in [3.63, 3.8) is 0 Å². The Morgan fingerprint density at radius 3 is 2.56 bits per heavy atom. The molecule has 0 bridgehead atoms. The highest BCUT2D eigenvalue weighted by molar-refractivity contribution is 9.10. The molecule has 0 aliphatic rings. The SMILES string of the molecule is Cc1cc(C)n(-c2ccc(Br)cc2CBr)n1. The Balaban J connectivity index is 2.59. The van der Waals surface area contributed by atoms with Gasteiger partial charge in [-0.1, -0.05) is 31.9 Å². The fraction of sp³-hybridized carbons (Fsp3) is 0.250. The van der Waals surface area contributed by atoms with Gasteiger partial charge in [0, 0.05) is 15.5 Å². The van der Waals surface area contributed by atoms with Crippen LogP contribution in [0.2, 0.25) is 0 Å². The molecule has 16 heavy (non-hydrogen) atoms. The number of halogens is 2. The first-order valence-electron chi connectivity index (χ1n) is 5.00. The largest absolute Gasteiger partial charge is 0.238 e. The van der Waals surface area contributed by atoms with Crippen molar-refractivity contribution in [3.8, 4) is 5.69 Å². The number of rotatable bonds is 2. The minimum Gasteiger partial charge on any atom is -0.238 e. The van der Waals surface area contributed by atoms with E-state index in [2.05, 4.69) is 62.1 Å². The highest BCUT2D eigenvalue weighted by Crippen LogP contribution is 2.23. The number of alkyl halides is 1. The topological polar surface area (TPSA) is 17.8 Å². The van der Waals surface area contributed by atoms with E-state index in [9.17, 15) is 0 Å². The lowest BCUT2D eigenvalue weighted by atomic mass is 10.2. The minimum absolute atomic E-state index is 0.820. The van der Waals surface area contributed by atoms with Gasteiger partial charge in [-0.2, -0.15) is 5.10 Å². The molecule has 0 fully saturated rings. The van der Waals surface area contributed by atoms with E-state index in [0.29, 0.717) is 0 Å². The van der Waals surface area contributed by atoms with Crippen molar-refractivity contribution in [2.24, 2.45) is 0 Å². The Morgan fingerprint density at radius 2 is 2.00 bits per heavy atom. The van der Waals surface area contributed by atoms with Gasteiger partial charge in [-0.25, -0.2) is 4.68 Å². The summed E-state index contributed by atoms with van der Waals surface area (Å²) in [5.74, 6) is 0. The second-order valence-electron chi connectivity index (χ2n) is 3.75. The molecule has 0 amide bonds. The number of aryl methyl sites for hydroxylation is 2. The summed E-state index contributed by atoms with van der Waals surface area (Å²) in [6, 6.07) is 8.32. The quantitative estimate of drug-likeness (QED) is 0.749. The molecule has 0 unspecified atom stereocenters. The zero-order chi connectivity index (χ0) is 11.7. The Hall–Kier alpha value is -0.610. The molecule has 0 aliphatic heterocycles. The van der Waals surface area contributed by atoms with Gasteiger partial charge in [0.2, 0.25) is 0 Å². The Kier molecular flexibility index (Phi) is 3.50. The Morgan fingerprint density at radius 1 is 1.25 bits per heavy atom. The van der Waals surface area contributed by atoms with Crippen molar-refractivity contribution in [2.75, 3.05) is 0 Å². The first-order valence-corrected chi connectivity index (χ1v) is 6.91. The third-order valence-corrected chi connectivity index (χ3v) is 3.52. The van der Waals surface area contributed by atoms with Crippen molar-refractivity contribution < 1.29 is 0 Å². The van der Waals surface area contributed by atoms with Gasteiger partial charge in [-0.3, -0.25) is 0 Å². The summed E-state index contributed by atoms with van der Waals surface area (Å²) in [5.41, 5.74) is 4.55. The van der Waals surface area contributed by atoms with Gasteiger partial charge in [-0.15, -0.1) is 0 Å². The molecular weight excluding hydrogens is 332 g/mol. The molecule has 0 saturated carbocycles. The summed E-state index contributed by atoms with van der Waals surface area (Å²) in [7, 11) is 0. The molecule has 2 aromatic rings. The van der Waals surface area contributed by atoms with Gasteiger partial charge in [0.15, 0.2) is 0 Å². The molecule has 0 spiro atoms. The first-order chi connectivity index (χ1) is 7.61. The van der Waals surface area contributed by atoms with E-state index in [0.717, 1.165) is 26.9 Å². The maximum absolute atomic E-state index is 4.50. The summed E-state index contributed by atoms with van der Waals surface area (Å²) in [4.78, 5) is 0. The van der Waals surface area contributed by atoms with Crippen LogP contribution < -0.4 is 0 Å². The Labute approximate surface area is 112 Å². The van der Waals surface area contributed by atoms with Crippen molar-refractivity contribution in [2.45, 2.75) is 19.2 Å². The first kappa shape index (κ1) is 11.9. The average molecular weight is 344 g/mol. The molecule has 0 aliphatic carbocycles. The fourth-order valence-corrected chi connectivity index (χ4v) is 2.60. The van der Waals surface area contributed by atoms with Gasteiger partial charge in [0.1, 0.15) is 0 Å². The molecule has 4 heteroatoms. The average Bonchev–Trinajstić information content (AvgIpc) is 2.57. The molecule has 0 N–H and O–H groups in total. The maximum Gasteiger partial charge on any atom is 0.0690 e. The molecule has 0 atom stereocenters. The second kappa shape index (κ2) is 4.72. The molecule has 1 aromatic heterocycles. The van der Waals surface area contributed by atoms with Crippen molar-refractivity contribution >= 4 is 31.9 Å². The zero-order valence-corrected chi connectivity index (χ0v) is 12.3. The maximum atomic E-state index is 4.50. The van der Waals surface area contributed by atoms with Gasteiger partial charge in [0.05, 0.1) is 11.4 Å². The lowest BCUT2D eigenvalue weighted by Crippen LogP contribution is -2.02. The van der Waals surface area contributed by atoms with Crippen LogP contribution in [-0.4, -0.2) is 9.78 Å². The summed E-state index contributed by atoms with van der Waals surface area (Å²) in [6.45, 7) is 4.08. The second-order valence-corrected chi connectivity index (χ2v) is 5.22. The zero-order valence-electron chi connectivity index (χ0n) is 9.17. The van der Waals surface area contributed by atoms with E-state index in [1.165, 1.54) is 5.56 Å². The molecule has 2 nitrogen and oxygen atoms in total. The van der Waals surface area contributed by atoms with Crippen LogP contribution in [0.4, 0.5) is 0 Å². The molecular formula is C12H12Br2N2. The van der Waals surface area contributed by atoms with Crippen LogP contribution in [0.25, 0.3) is 5.69 Å². The van der Waals surface area contributed by atoms with E-state index in [1.54, 1.807) is 0 Å². The summed E-state index contributed by atoms with van der Waals surface area (Å²) in [6.07, 6.45) is 0. The molecule has 0 saturated heterocycles. The number of benzene rings is 1. The van der Waals surface area contributed by atoms with E-state index in [1.807, 2.05) is 17.7 Å². The molecule has 2 rings (SSSR count). The third kappa shape index (κ3) is 2.23. The molecule has 0 radical (unpaired) electrons. The number of aromatic nitrogens is 2. The van der Waals surface area contributed by atoms with E-state index in [4.69, 9.17) is 0 Å². The molecule has 84 valence electrons.